The van der Waals surface area contributed by atoms with Gasteiger partial charge >= 0.3 is 5.97 Å². The quantitative estimate of drug-likeness (QED) is 0.772. The van der Waals surface area contributed by atoms with Gasteiger partial charge in [-0.3, -0.25) is 4.72 Å². The number of carboxylic acids is 1. The Morgan fingerprint density at radius 2 is 1.80 bits per heavy atom. The SMILES string of the molecule is O=C(O)/C=C/c1ccc(S(=O)(=O)Nc2cc3c(cc2Cl)OCO3)cc1. The highest BCUT2D eigenvalue weighted by Gasteiger charge is 2.20. The summed E-state index contributed by atoms with van der Waals surface area (Å²) in [4.78, 5) is 10.5. The highest BCUT2D eigenvalue weighted by molar-refractivity contribution is 7.92. The van der Waals surface area contributed by atoms with Gasteiger partial charge in [-0.05, 0) is 23.8 Å². The topological polar surface area (TPSA) is 102 Å². The van der Waals surface area contributed by atoms with Crippen LogP contribution in [-0.2, 0) is 14.8 Å². The van der Waals surface area contributed by atoms with E-state index in [2.05, 4.69) is 4.72 Å². The van der Waals surface area contributed by atoms with Crippen LogP contribution >= 0.6 is 11.6 Å². The third-order valence-corrected chi connectivity index (χ3v) is 5.01. The summed E-state index contributed by atoms with van der Waals surface area (Å²) in [7, 11) is -3.87. The van der Waals surface area contributed by atoms with E-state index in [-0.39, 0.29) is 22.4 Å². The molecule has 0 amide bonds. The lowest BCUT2D eigenvalue weighted by Crippen LogP contribution is -2.13. The number of rotatable bonds is 5. The van der Waals surface area contributed by atoms with E-state index in [0.29, 0.717) is 17.1 Å². The van der Waals surface area contributed by atoms with Crippen LogP contribution < -0.4 is 14.2 Å². The zero-order chi connectivity index (χ0) is 18.0. The van der Waals surface area contributed by atoms with E-state index in [9.17, 15) is 13.2 Å². The Bertz CT molecular complexity index is 953. The van der Waals surface area contributed by atoms with Gasteiger partial charge in [0.1, 0.15) is 0 Å². The van der Waals surface area contributed by atoms with E-state index in [1.807, 2.05) is 0 Å². The van der Waals surface area contributed by atoms with Crippen molar-refractivity contribution >= 4 is 39.4 Å². The fourth-order valence-electron chi connectivity index (χ4n) is 2.12. The summed E-state index contributed by atoms with van der Waals surface area (Å²) in [5.41, 5.74) is 0.725. The molecule has 0 radical (unpaired) electrons. The summed E-state index contributed by atoms with van der Waals surface area (Å²) >= 11 is 6.07. The van der Waals surface area contributed by atoms with Gasteiger partial charge in [0.25, 0.3) is 10.0 Å². The van der Waals surface area contributed by atoms with Gasteiger partial charge in [0.15, 0.2) is 11.5 Å². The molecule has 0 saturated heterocycles. The number of fused-ring (bicyclic) bond motifs is 1. The summed E-state index contributed by atoms with van der Waals surface area (Å²) < 4.78 is 37.7. The first-order chi connectivity index (χ1) is 11.8. The lowest BCUT2D eigenvalue weighted by atomic mass is 10.2. The molecule has 0 atom stereocenters. The summed E-state index contributed by atoms with van der Waals surface area (Å²) in [6, 6.07) is 8.65. The van der Waals surface area contributed by atoms with Crippen LogP contribution in [0.2, 0.25) is 5.02 Å². The molecule has 1 aliphatic rings. The zero-order valence-corrected chi connectivity index (χ0v) is 14.2. The minimum absolute atomic E-state index is 0.00806. The van der Waals surface area contributed by atoms with Crippen LogP contribution in [0.15, 0.2) is 47.4 Å². The van der Waals surface area contributed by atoms with Crippen molar-refractivity contribution in [2.45, 2.75) is 4.90 Å². The molecule has 3 rings (SSSR count). The molecule has 0 saturated carbocycles. The maximum absolute atomic E-state index is 12.5. The monoisotopic (exact) mass is 381 g/mol. The molecule has 1 aliphatic heterocycles. The Kier molecular flexibility index (Phi) is 4.56. The smallest absolute Gasteiger partial charge is 0.328 e. The average Bonchev–Trinajstić information content (AvgIpc) is 3.00. The van der Waals surface area contributed by atoms with Crippen molar-refractivity contribution in [3.05, 3.63) is 53.1 Å². The standard InChI is InChI=1S/C16H12ClNO6S/c17-12-7-14-15(24-9-23-14)8-13(12)18-25(21,22)11-4-1-10(2-5-11)3-6-16(19)20/h1-8,18H,9H2,(H,19,20)/b6-3+. The number of hydrogen-bond donors (Lipinski definition) is 2. The van der Waals surface area contributed by atoms with Crippen LogP contribution in [0.1, 0.15) is 5.56 Å². The molecule has 2 aromatic rings. The number of benzene rings is 2. The van der Waals surface area contributed by atoms with Crippen molar-refractivity contribution < 1.29 is 27.8 Å². The first kappa shape index (κ1) is 17.1. The Morgan fingerprint density at radius 1 is 1.16 bits per heavy atom. The highest BCUT2D eigenvalue weighted by atomic mass is 35.5. The normalized spacial score (nSPS) is 13.2. The van der Waals surface area contributed by atoms with Gasteiger partial charge in [0, 0.05) is 18.2 Å². The van der Waals surface area contributed by atoms with Crippen LogP contribution in [0, 0.1) is 0 Å². The number of aliphatic carboxylic acids is 1. The van der Waals surface area contributed by atoms with Crippen LogP contribution in [0.3, 0.4) is 0 Å². The predicted octanol–water partition coefficient (Wildman–Crippen LogP) is 2.97. The summed E-state index contributed by atoms with van der Waals surface area (Å²) in [5.74, 6) is -0.241. The van der Waals surface area contributed by atoms with Crippen molar-refractivity contribution in [3.63, 3.8) is 0 Å². The van der Waals surface area contributed by atoms with E-state index in [0.717, 1.165) is 6.08 Å². The molecule has 2 aromatic carbocycles. The van der Waals surface area contributed by atoms with Crippen molar-refractivity contribution in [1.82, 2.24) is 0 Å². The largest absolute Gasteiger partial charge is 0.478 e. The van der Waals surface area contributed by atoms with E-state index in [1.54, 1.807) is 0 Å². The van der Waals surface area contributed by atoms with E-state index >= 15 is 0 Å². The molecule has 0 bridgehead atoms. The molecule has 0 aliphatic carbocycles. The second-order valence-electron chi connectivity index (χ2n) is 5.03. The van der Waals surface area contributed by atoms with Crippen molar-refractivity contribution in [3.8, 4) is 11.5 Å². The van der Waals surface area contributed by atoms with Gasteiger partial charge in [-0.25, -0.2) is 13.2 Å². The Labute approximate surface area is 148 Å². The number of sulfonamides is 1. The lowest BCUT2D eigenvalue weighted by Gasteiger charge is -2.10. The fraction of sp³-hybridized carbons (Fsp3) is 0.0625. The molecule has 7 nitrogen and oxygen atoms in total. The number of halogens is 1. The molecule has 1 heterocycles. The molecule has 9 heteroatoms. The van der Waals surface area contributed by atoms with Crippen LogP contribution in [0.4, 0.5) is 5.69 Å². The van der Waals surface area contributed by atoms with E-state index < -0.39 is 16.0 Å². The number of ether oxygens (including phenoxy) is 2. The average molecular weight is 382 g/mol. The molecule has 25 heavy (non-hydrogen) atoms. The molecular weight excluding hydrogens is 370 g/mol. The summed E-state index contributed by atoms with van der Waals surface area (Å²) in [6.45, 7) is 0.0488. The number of carboxylic acid groups (broad SMARTS) is 1. The van der Waals surface area contributed by atoms with Gasteiger partial charge in [0.2, 0.25) is 6.79 Å². The maximum Gasteiger partial charge on any atom is 0.328 e. The lowest BCUT2D eigenvalue weighted by molar-refractivity contribution is -0.131. The fourth-order valence-corrected chi connectivity index (χ4v) is 3.45. The van der Waals surface area contributed by atoms with Gasteiger partial charge < -0.3 is 14.6 Å². The van der Waals surface area contributed by atoms with Crippen LogP contribution in [0.5, 0.6) is 11.5 Å². The zero-order valence-electron chi connectivity index (χ0n) is 12.6. The Balaban J connectivity index is 1.84. The maximum atomic E-state index is 12.5. The van der Waals surface area contributed by atoms with Gasteiger partial charge in [-0.15, -0.1) is 0 Å². The van der Waals surface area contributed by atoms with Crippen molar-refractivity contribution in [2.24, 2.45) is 0 Å². The summed E-state index contributed by atoms with van der Waals surface area (Å²) in [6.07, 6.45) is 2.33. The van der Waals surface area contributed by atoms with Gasteiger partial charge in [-0.1, -0.05) is 23.7 Å². The third-order valence-electron chi connectivity index (χ3n) is 3.32. The molecule has 2 N–H and O–H groups in total. The summed E-state index contributed by atoms with van der Waals surface area (Å²) in [5, 5.41) is 8.77. The third kappa shape index (κ3) is 3.86. The molecule has 0 spiro atoms. The molecule has 0 fully saturated rings. The molecule has 0 unspecified atom stereocenters. The van der Waals surface area contributed by atoms with Gasteiger partial charge in [0.05, 0.1) is 15.6 Å². The van der Waals surface area contributed by atoms with Crippen LogP contribution in [0.25, 0.3) is 6.08 Å². The second-order valence-corrected chi connectivity index (χ2v) is 7.12. The minimum Gasteiger partial charge on any atom is -0.478 e. The van der Waals surface area contributed by atoms with E-state index in [4.69, 9.17) is 26.2 Å². The number of carbonyl (C=O) groups is 1. The number of anilines is 1. The number of hydrogen-bond acceptors (Lipinski definition) is 5. The van der Waals surface area contributed by atoms with Crippen molar-refractivity contribution in [2.75, 3.05) is 11.5 Å². The molecule has 130 valence electrons. The second kappa shape index (κ2) is 6.66. The first-order valence-electron chi connectivity index (χ1n) is 6.98. The van der Waals surface area contributed by atoms with E-state index in [1.165, 1.54) is 42.5 Å². The Morgan fingerprint density at radius 3 is 2.44 bits per heavy atom. The predicted molar refractivity (Wildman–Crippen MR) is 91.5 cm³/mol. The van der Waals surface area contributed by atoms with Crippen molar-refractivity contribution in [1.29, 1.82) is 0 Å². The number of nitrogens with one attached hydrogen (secondary N) is 1. The first-order valence-corrected chi connectivity index (χ1v) is 8.84. The van der Waals surface area contributed by atoms with Crippen LogP contribution in [-0.4, -0.2) is 26.3 Å². The Hall–Kier alpha value is -2.71. The molecular formula is C16H12ClNO6S. The molecule has 0 aromatic heterocycles. The minimum atomic E-state index is -3.87. The van der Waals surface area contributed by atoms with Gasteiger partial charge in [-0.2, -0.15) is 0 Å². The highest BCUT2D eigenvalue weighted by Crippen LogP contribution is 2.39.